The second kappa shape index (κ2) is 7.47. The van der Waals surface area contributed by atoms with Gasteiger partial charge in [-0.2, -0.15) is 12.7 Å². The van der Waals surface area contributed by atoms with E-state index in [1.807, 2.05) is 0 Å². The van der Waals surface area contributed by atoms with E-state index >= 15 is 0 Å². The van der Waals surface area contributed by atoms with Gasteiger partial charge in [-0.3, -0.25) is 9.52 Å². The Bertz CT molecular complexity index is 1220. The first-order chi connectivity index (χ1) is 13.7. The second-order valence-electron chi connectivity index (χ2n) is 6.63. The number of halogens is 3. The molecule has 11 heteroatoms. The molecule has 1 saturated heterocycles. The van der Waals surface area contributed by atoms with Gasteiger partial charge in [0.05, 0.1) is 11.3 Å². The summed E-state index contributed by atoms with van der Waals surface area (Å²) in [7, 11) is -4.01. The van der Waals surface area contributed by atoms with Gasteiger partial charge in [-0.15, -0.1) is 0 Å². The summed E-state index contributed by atoms with van der Waals surface area (Å²) in [6.45, 7) is -0.180. The Morgan fingerprint density at radius 1 is 1.31 bits per heavy atom. The SMILES string of the molecule is O=C(c1cc(NS(=O)(=O)N2CC[C@@H](F)C2)ccc1F)c1c[nH]c2ncc(Br)cc12. The van der Waals surface area contributed by atoms with Crippen LogP contribution in [0.15, 0.2) is 41.1 Å². The maximum absolute atomic E-state index is 14.4. The van der Waals surface area contributed by atoms with Gasteiger partial charge >= 0.3 is 10.2 Å². The molecule has 3 aromatic rings. The Morgan fingerprint density at radius 3 is 2.83 bits per heavy atom. The zero-order valence-electron chi connectivity index (χ0n) is 14.8. The summed E-state index contributed by atoms with van der Waals surface area (Å²) in [6, 6.07) is 5.02. The molecule has 0 amide bonds. The number of aromatic nitrogens is 2. The highest BCUT2D eigenvalue weighted by Gasteiger charge is 2.31. The molecule has 0 radical (unpaired) electrons. The Morgan fingerprint density at radius 2 is 2.10 bits per heavy atom. The topological polar surface area (TPSA) is 95.2 Å². The van der Waals surface area contributed by atoms with Gasteiger partial charge in [0.1, 0.15) is 17.6 Å². The van der Waals surface area contributed by atoms with Crippen LogP contribution in [0.25, 0.3) is 11.0 Å². The largest absolute Gasteiger partial charge is 0.345 e. The third-order valence-corrected chi connectivity index (χ3v) is 6.57. The van der Waals surface area contributed by atoms with Crippen LogP contribution in [0.2, 0.25) is 0 Å². The number of carbonyl (C=O) groups excluding carboxylic acids is 1. The van der Waals surface area contributed by atoms with Crippen molar-refractivity contribution in [2.45, 2.75) is 12.6 Å². The number of ketones is 1. The highest BCUT2D eigenvalue weighted by Crippen LogP contribution is 2.26. The Labute approximate surface area is 173 Å². The molecule has 1 aromatic carbocycles. The third-order valence-electron chi connectivity index (χ3n) is 4.63. The van der Waals surface area contributed by atoms with Gasteiger partial charge in [0.15, 0.2) is 5.78 Å². The normalized spacial score (nSPS) is 17.7. The summed E-state index contributed by atoms with van der Waals surface area (Å²) in [5.74, 6) is -1.42. The standard InChI is InChI=1S/C18H15BrF2N4O3S/c19-10-5-13-15(8-23-18(13)22-7-10)17(26)14-6-12(1-2-16(14)21)24-29(27,28)25-4-3-11(20)9-25/h1-2,5-8,11,24H,3-4,9H2,(H,22,23)/t11-/m1/s1. The van der Waals surface area contributed by atoms with Gasteiger partial charge in [0.25, 0.3) is 0 Å². The van der Waals surface area contributed by atoms with Crippen LogP contribution in [-0.2, 0) is 10.2 Å². The van der Waals surface area contributed by atoms with Crippen molar-refractivity contribution in [3.05, 3.63) is 58.1 Å². The number of hydrogen-bond donors (Lipinski definition) is 2. The zero-order valence-corrected chi connectivity index (χ0v) is 17.2. The molecule has 152 valence electrons. The first kappa shape index (κ1) is 19.9. The molecule has 1 atom stereocenters. The number of carbonyl (C=O) groups is 1. The van der Waals surface area contributed by atoms with E-state index in [-0.39, 0.29) is 36.3 Å². The minimum atomic E-state index is -4.01. The summed E-state index contributed by atoms with van der Waals surface area (Å²) in [4.78, 5) is 19.9. The van der Waals surface area contributed by atoms with Gasteiger partial charge in [0.2, 0.25) is 0 Å². The van der Waals surface area contributed by atoms with Gasteiger partial charge in [0, 0.05) is 40.9 Å². The Balaban J connectivity index is 1.66. The lowest BCUT2D eigenvalue weighted by atomic mass is 10.0. The average Bonchev–Trinajstić information content (AvgIpc) is 3.29. The average molecular weight is 485 g/mol. The number of H-pyrrole nitrogens is 1. The quantitative estimate of drug-likeness (QED) is 0.542. The lowest BCUT2D eigenvalue weighted by Gasteiger charge is -2.17. The molecular formula is C18H15BrF2N4O3S. The van der Waals surface area contributed by atoms with Crippen LogP contribution in [0.5, 0.6) is 0 Å². The van der Waals surface area contributed by atoms with Crippen LogP contribution in [0.3, 0.4) is 0 Å². The first-order valence-electron chi connectivity index (χ1n) is 8.63. The molecular weight excluding hydrogens is 470 g/mol. The molecule has 3 heterocycles. The van der Waals surface area contributed by atoms with Crippen LogP contribution >= 0.6 is 15.9 Å². The van der Waals surface area contributed by atoms with E-state index in [9.17, 15) is 22.0 Å². The number of pyridine rings is 1. The number of alkyl halides is 1. The summed E-state index contributed by atoms with van der Waals surface area (Å²) in [5.41, 5.74) is 0.378. The van der Waals surface area contributed by atoms with E-state index in [0.29, 0.717) is 15.5 Å². The predicted molar refractivity (Wildman–Crippen MR) is 107 cm³/mol. The Kier molecular flexibility index (Phi) is 5.13. The van der Waals surface area contributed by atoms with E-state index in [4.69, 9.17) is 0 Å². The minimum absolute atomic E-state index is 0.0104. The van der Waals surface area contributed by atoms with Gasteiger partial charge in [-0.05, 0) is 46.6 Å². The molecule has 7 nitrogen and oxygen atoms in total. The van der Waals surface area contributed by atoms with Crippen molar-refractivity contribution in [3.8, 4) is 0 Å². The van der Waals surface area contributed by atoms with Gasteiger partial charge in [-0.25, -0.2) is 13.8 Å². The molecule has 29 heavy (non-hydrogen) atoms. The van der Waals surface area contributed by atoms with E-state index in [0.717, 1.165) is 16.4 Å². The van der Waals surface area contributed by atoms with E-state index in [2.05, 4.69) is 30.6 Å². The highest BCUT2D eigenvalue weighted by molar-refractivity contribution is 9.10. The van der Waals surface area contributed by atoms with Crippen molar-refractivity contribution >= 4 is 48.6 Å². The molecule has 0 saturated carbocycles. The Hall–Kier alpha value is -2.37. The minimum Gasteiger partial charge on any atom is -0.345 e. The number of anilines is 1. The summed E-state index contributed by atoms with van der Waals surface area (Å²) >= 11 is 3.28. The number of nitrogens with zero attached hydrogens (tertiary/aromatic N) is 2. The molecule has 0 bridgehead atoms. The van der Waals surface area contributed by atoms with Crippen LogP contribution < -0.4 is 4.72 Å². The van der Waals surface area contributed by atoms with Crippen molar-refractivity contribution in [1.82, 2.24) is 14.3 Å². The van der Waals surface area contributed by atoms with Crippen molar-refractivity contribution in [2.75, 3.05) is 17.8 Å². The second-order valence-corrected chi connectivity index (χ2v) is 9.21. The first-order valence-corrected chi connectivity index (χ1v) is 10.9. The number of aromatic amines is 1. The fraction of sp³-hybridized carbons (Fsp3) is 0.222. The smallest absolute Gasteiger partial charge is 0.301 e. The third kappa shape index (κ3) is 3.89. The van der Waals surface area contributed by atoms with Crippen LogP contribution in [0.4, 0.5) is 14.5 Å². The predicted octanol–water partition coefficient (Wildman–Crippen LogP) is 3.40. The maximum Gasteiger partial charge on any atom is 0.301 e. The molecule has 2 N–H and O–H groups in total. The number of benzene rings is 1. The van der Waals surface area contributed by atoms with Gasteiger partial charge in [-0.1, -0.05) is 0 Å². The maximum atomic E-state index is 14.4. The molecule has 1 fully saturated rings. The fourth-order valence-corrected chi connectivity index (χ4v) is 4.78. The van der Waals surface area contributed by atoms with Crippen molar-refractivity contribution in [2.24, 2.45) is 0 Å². The van der Waals surface area contributed by atoms with E-state index in [1.54, 1.807) is 12.3 Å². The molecule has 0 unspecified atom stereocenters. The molecule has 2 aromatic heterocycles. The molecule has 1 aliphatic heterocycles. The molecule has 0 spiro atoms. The van der Waals surface area contributed by atoms with Crippen molar-refractivity contribution in [3.63, 3.8) is 0 Å². The summed E-state index contributed by atoms with van der Waals surface area (Å²) in [6.07, 6.45) is 1.89. The number of fused-ring (bicyclic) bond motifs is 1. The zero-order chi connectivity index (χ0) is 20.8. The van der Waals surface area contributed by atoms with Crippen LogP contribution in [0, 0.1) is 5.82 Å². The van der Waals surface area contributed by atoms with Crippen molar-refractivity contribution in [1.29, 1.82) is 0 Å². The lowest BCUT2D eigenvalue weighted by Crippen LogP contribution is -2.34. The number of hydrogen-bond acceptors (Lipinski definition) is 4. The van der Waals surface area contributed by atoms with E-state index in [1.165, 1.54) is 12.3 Å². The molecule has 1 aliphatic rings. The lowest BCUT2D eigenvalue weighted by molar-refractivity contribution is 0.103. The van der Waals surface area contributed by atoms with Gasteiger partial charge < -0.3 is 4.98 Å². The van der Waals surface area contributed by atoms with Crippen molar-refractivity contribution < 1.29 is 22.0 Å². The number of rotatable bonds is 5. The fourth-order valence-electron chi connectivity index (χ4n) is 3.19. The van der Waals surface area contributed by atoms with Crippen LogP contribution in [-0.4, -0.2) is 47.7 Å². The highest BCUT2D eigenvalue weighted by atomic mass is 79.9. The molecule has 4 rings (SSSR count). The molecule has 0 aliphatic carbocycles. The number of nitrogens with one attached hydrogen (secondary N) is 2. The van der Waals surface area contributed by atoms with Crippen LogP contribution in [0.1, 0.15) is 22.3 Å². The monoisotopic (exact) mass is 484 g/mol. The summed E-state index contributed by atoms with van der Waals surface area (Å²) < 4.78 is 56.4. The van der Waals surface area contributed by atoms with E-state index < -0.39 is 28.0 Å². The summed E-state index contributed by atoms with van der Waals surface area (Å²) in [5, 5.41) is 0.501.